The summed E-state index contributed by atoms with van der Waals surface area (Å²) in [5.74, 6) is 2.49. The van der Waals surface area contributed by atoms with Gasteiger partial charge in [0.05, 0.1) is 6.16 Å². The Balaban J connectivity index is 1.63. The van der Waals surface area contributed by atoms with E-state index in [2.05, 4.69) is 24.8 Å². The van der Waals surface area contributed by atoms with Gasteiger partial charge < -0.3 is 14.7 Å². The highest BCUT2D eigenvalue weighted by Gasteiger charge is 2.21. The topological polar surface area (TPSA) is 108 Å². The average molecular weight is 352 g/mol. The van der Waals surface area contributed by atoms with E-state index in [0.29, 0.717) is 6.54 Å². The molecule has 24 heavy (non-hydrogen) atoms. The molecule has 3 rings (SSSR count). The van der Waals surface area contributed by atoms with Gasteiger partial charge in [-0.3, -0.25) is 14.0 Å². The predicted octanol–water partition coefficient (Wildman–Crippen LogP) is 0.270. The molecule has 9 nitrogen and oxygen atoms in total. The summed E-state index contributed by atoms with van der Waals surface area (Å²) in [6, 6.07) is 1.93. The molecule has 130 valence electrons. The molecule has 2 aromatic heterocycles. The van der Waals surface area contributed by atoms with E-state index in [0.717, 1.165) is 43.6 Å². The molecule has 0 radical (unpaired) electrons. The number of hydrogen-bond donors (Lipinski definition) is 2. The first kappa shape index (κ1) is 17.0. The van der Waals surface area contributed by atoms with Gasteiger partial charge in [-0.15, -0.1) is 0 Å². The second-order valence-corrected chi connectivity index (χ2v) is 7.57. The molecule has 0 unspecified atom stereocenters. The Morgan fingerprint density at radius 3 is 2.46 bits per heavy atom. The van der Waals surface area contributed by atoms with Crippen LogP contribution >= 0.6 is 7.60 Å². The Morgan fingerprint density at radius 1 is 1.12 bits per heavy atom. The molecule has 0 amide bonds. The van der Waals surface area contributed by atoms with Crippen molar-refractivity contribution in [3.8, 4) is 5.82 Å². The summed E-state index contributed by atoms with van der Waals surface area (Å²) in [7, 11) is -3.93. The van der Waals surface area contributed by atoms with E-state index in [1.54, 1.807) is 12.5 Å². The standard InChI is InChI=1S/C14H21N6O3P/c1-12-15-2-3-20(12)14-10-13(16-11-17-14)19-6-4-18(5-7-19)8-9-24(21,22)23/h2-3,10-11H,4-9H2,1H3,(H2,21,22,23). The lowest BCUT2D eigenvalue weighted by atomic mass is 10.3. The van der Waals surface area contributed by atoms with Crippen LogP contribution in [0.1, 0.15) is 5.82 Å². The van der Waals surface area contributed by atoms with Gasteiger partial charge in [-0.25, -0.2) is 15.0 Å². The summed E-state index contributed by atoms with van der Waals surface area (Å²) in [6.07, 6.45) is 5.05. The summed E-state index contributed by atoms with van der Waals surface area (Å²) in [5.41, 5.74) is 0. The second kappa shape index (κ2) is 6.98. The van der Waals surface area contributed by atoms with Crippen molar-refractivity contribution in [1.29, 1.82) is 0 Å². The highest BCUT2D eigenvalue weighted by atomic mass is 31.2. The van der Waals surface area contributed by atoms with E-state index in [1.165, 1.54) is 0 Å². The van der Waals surface area contributed by atoms with E-state index < -0.39 is 7.60 Å². The van der Waals surface area contributed by atoms with Gasteiger partial charge in [0.2, 0.25) is 0 Å². The van der Waals surface area contributed by atoms with Gasteiger partial charge in [0.15, 0.2) is 0 Å². The summed E-state index contributed by atoms with van der Waals surface area (Å²) >= 11 is 0. The van der Waals surface area contributed by atoms with Crippen molar-refractivity contribution in [3.63, 3.8) is 0 Å². The Labute approximate surface area is 140 Å². The van der Waals surface area contributed by atoms with Crippen molar-refractivity contribution in [3.05, 3.63) is 30.6 Å². The largest absolute Gasteiger partial charge is 0.354 e. The van der Waals surface area contributed by atoms with Gasteiger partial charge in [-0.2, -0.15) is 0 Å². The Morgan fingerprint density at radius 2 is 1.83 bits per heavy atom. The molecule has 1 aliphatic rings. The smallest absolute Gasteiger partial charge is 0.326 e. The first-order valence-electron chi connectivity index (χ1n) is 7.77. The third-order valence-electron chi connectivity index (χ3n) is 4.11. The maximum Gasteiger partial charge on any atom is 0.326 e. The third kappa shape index (κ3) is 4.18. The van der Waals surface area contributed by atoms with Crippen molar-refractivity contribution in [2.24, 2.45) is 0 Å². The Kier molecular flexibility index (Phi) is 4.96. The van der Waals surface area contributed by atoms with Gasteiger partial charge in [0.25, 0.3) is 0 Å². The van der Waals surface area contributed by atoms with Gasteiger partial charge >= 0.3 is 7.60 Å². The predicted molar refractivity (Wildman–Crippen MR) is 89.5 cm³/mol. The molecule has 2 N–H and O–H groups in total. The second-order valence-electron chi connectivity index (χ2n) is 5.80. The molecule has 10 heteroatoms. The van der Waals surface area contributed by atoms with Crippen molar-refractivity contribution >= 4 is 13.4 Å². The molecule has 1 saturated heterocycles. The van der Waals surface area contributed by atoms with Crippen LogP contribution in [0.2, 0.25) is 0 Å². The minimum Gasteiger partial charge on any atom is -0.354 e. The summed E-state index contributed by atoms with van der Waals surface area (Å²) in [5, 5.41) is 0. The monoisotopic (exact) mass is 352 g/mol. The first-order chi connectivity index (χ1) is 11.4. The number of aromatic nitrogens is 4. The lowest BCUT2D eigenvalue weighted by molar-refractivity contribution is 0.263. The van der Waals surface area contributed by atoms with Crippen LogP contribution in [0.3, 0.4) is 0 Å². The minimum absolute atomic E-state index is 0.0927. The number of hydrogen-bond acceptors (Lipinski definition) is 6. The SMILES string of the molecule is Cc1nccn1-c1cc(N2CCN(CCP(=O)(O)O)CC2)ncn1. The van der Waals surface area contributed by atoms with Crippen LogP contribution in [0.4, 0.5) is 5.82 Å². The molecule has 3 heterocycles. The average Bonchev–Trinajstić information content (AvgIpc) is 2.99. The fourth-order valence-electron chi connectivity index (χ4n) is 2.73. The van der Waals surface area contributed by atoms with Gasteiger partial charge in [0.1, 0.15) is 23.8 Å². The molecule has 0 aliphatic carbocycles. The van der Waals surface area contributed by atoms with E-state index in [-0.39, 0.29) is 6.16 Å². The number of imidazole rings is 1. The number of piperazine rings is 1. The summed E-state index contributed by atoms with van der Waals surface area (Å²) < 4.78 is 12.9. The minimum atomic E-state index is -3.93. The lowest BCUT2D eigenvalue weighted by Crippen LogP contribution is -2.47. The molecule has 0 aromatic carbocycles. The number of nitrogens with zero attached hydrogens (tertiary/aromatic N) is 6. The highest BCUT2D eigenvalue weighted by Crippen LogP contribution is 2.33. The van der Waals surface area contributed by atoms with Gasteiger partial charge in [-0.1, -0.05) is 0 Å². The molecule has 0 bridgehead atoms. The Hall–Kier alpha value is -1.80. The molecular formula is C14H21N6O3P. The van der Waals surface area contributed by atoms with Crippen LogP contribution in [0.15, 0.2) is 24.8 Å². The van der Waals surface area contributed by atoms with Crippen LogP contribution < -0.4 is 4.90 Å². The quantitative estimate of drug-likeness (QED) is 0.739. The van der Waals surface area contributed by atoms with E-state index in [4.69, 9.17) is 9.79 Å². The van der Waals surface area contributed by atoms with E-state index in [1.807, 2.05) is 23.8 Å². The van der Waals surface area contributed by atoms with Crippen LogP contribution in [0, 0.1) is 6.92 Å². The maximum atomic E-state index is 11.0. The van der Waals surface area contributed by atoms with Crippen molar-refractivity contribution in [1.82, 2.24) is 24.4 Å². The van der Waals surface area contributed by atoms with E-state index >= 15 is 0 Å². The normalized spacial score (nSPS) is 16.5. The van der Waals surface area contributed by atoms with Crippen molar-refractivity contribution < 1.29 is 14.4 Å². The molecule has 2 aromatic rings. The molecule has 1 aliphatic heterocycles. The Bertz CT molecular complexity index is 738. The zero-order valence-electron chi connectivity index (χ0n) is 13.5. The fourth-order valence-corrected chi connectivity index (χ4v) is 3.28. The molecule has 0 atom stereocenters. The zero-order valence-corrected chi connectivity index (χ0v) is 14.4. The zero-order chi connectivity index (χ0) is 17.2. The molecule has 0 saturated carbocycles. The maximum absolute atomic E-state index is 11.0. The number of rotatable bonds is 5. The molecular weight excluding hydrogens is 331 g/mol. The van der Waals surface area contributed by atoms with Crippen LogP contribution in [-0.2, 0) is 4.57 Å². The lowest BCUT2D eigenvalue weighted by Gasteiger charge is -2.35. The number of anilines is 1. The fraction of sp³-hybridized carbons (Fsp3) is 0.500. The van der Waals surface area contributed by atoms with Crippen LogP contribution in [-0.4, -0.2) is 73.1 Å². The number of aryl methyl sites for hydroxylation is 1. The van der Waals surface area contributed by atoms with Crippen LogP contribution in [0.5, 0.6) is 0 Å². The van der Waals surface area contributed by atoms with Crippen molar-refractivity contribution in [2.75, 3.05) is 43.8 Å². The molecule has 0 spiro atoms. The summed E-state index contributed by atoms with van der Waals surface area (Å²) in [4.78, 5) is 35.0. The van der Waals surface area contributed by atoms with Gasteiger partial charge in [-0.05, 0) is 6.92 Å². The van der Waals surface area contributed by atoms with Crippen molar-refractivity contribution in [2.45, 2.75) is 6.92 Å². The summed E-state index contributed by atoms with van der Waals surface area (Å²) in [6.45, 7) is 5.37. The third-order valence-corrected chi connectivity index (χ3v) is 4.90. The highest BCUT2D eigenvalue weighted by molar-refractivity contribution is 7.51. The molecule has 1 fully saturated rings. The van der Waals surface area contributed by atoms with Crippen LogP contribution in [0.25, 0.3) is 5.82 Å². The first-order valence-corrected chi connectivity index (χ1v) is 9.56. The van der Waals surface area contributed by atoms with E-state index in [9.17, 15) is 4.57 Å². The van der Waals surface area contributed by atoms with Gasteiger partial charge in [0, 0.05) is 51.2 Å².